The zero-order chi connectivity index (χ0) is 12.4. The Morgan fingerprint density at radius 1 is 1.00 bits per heavy atom. The molecule has 0 bridgehead atoms. The first kappa shape index (κ1) is 11.4. The maximum absolute atomic E-state index is 10.6. The second kappa shape index (κ2) is 4.86. The molecular weight excluding hydrogens is 242 g/mol. The van der Waals surface area contributed by atoms with E-state index in [1.165, 1.54) is 20.9 Å². The Balaban J connectivity index is 2.08. The maximum atomic E-state index is 10.6. The van der Waals surface area contributed by atoms with Gasteiger partial charge in [-0.1, -0.05) is 48.2 Å². The molecule has 1 aliphatic rings. The average Bonchev–Trinajstić information content (AvgIpc) is 2.43. The number of nitrogens with one attached hydrogen (secondary N) is 1. The summed E-state index contributed by atoms with van der Waals surface area (Å²) in [6.45, 7) is 0.651. The van der Waals surface area contributed by atoms with E-state index in [1.807, 2.05) is 0 Å². The SMILES string of the molecule is O=CNCC1c2ccccc2Sc2ccccc21. The van der Waals surface area contributed by atoms with Crippen molar-refractivity contribution in [1.82, 2.24) is 5.32 Å². The molecule has 18 heavy (non-hydrogen) atoms. The minimum absolute atomic E-state index is 0.254. The van der Waals surface area contributed by atoms with Crippen LogP contribution in [0.5, 0.6) is 0 Å². The van der Waals surface area contributed by atoms with Crippen molar-refractivity contribution in [2.24, 2.45) is 0 Å². The largest absolute Gasteiger partial charge is 0.358 e. The van der Waals surface area contributed by atoms with E-state index in [4.69, 9.17) is 0 Å². The molecule has 1 heterocycles. The van der Waals surface area contributed by atoms with Gasteiger partial charge in [-0.3, -0.25) is 4.79 Å². The van der Waals surface area contributed by atoms with Crippen LogP contribution in [0.3, 0.4) is 0 Å². The summed E-state index contributed by atoms with van der Waals surface area (Å²) in [7, 11) is 0. The molecule has 1 amide bonds. The van der Waals surface area contributed by atoms with Gasteiger partial charge in [-0.15, -0.1) is 0 Å². The van der Waals surface area contributed by atoms with Crippen LogP contribution >= 0.6 is 11.8 Å². The molecular formula is C15H13NOS. The fourth-order valence-electron chi connectivity index (χ4n) is 2.39. The van der Waals surface area contributed by atoms with Crippen LogP contribution in [-0.2, 0) is 4.79 Å². The van der Waals surface area contributed by atoms with Crippen molar-refractivity contribution in [1.29, 1.82) is 0 Å². The lowest BCUT2D eigenvalue weighted by Gasteiger charge is -2.27. The molecule has 2 aromatic rings. The maximum Gasteiger partial charge on any atom is 0.207 e. The lowest BCUT2D eigenvalue weighted by Crippen LogP contribution is -2.23. The molecule has 0 saturated heterocycles. The Labute approximate surface area is 110 Å². The van der Waals surface area contributed by atoms with Gasteiger partial charge in [0, 0.05) is 22.3 Å². The van der Waals surface area contributed by atoms with Crippen molar-refractivity contribution in [2.75, 3.05) is 6.54 Å². The highest BCUT2D eigenvalue weighted by molar-refractivity contribution is 7.99. The minimum Gasteiger partial charge on any atom is -0.358 e. The first-order chi connectivity index (χ1) is 8.90. The minimum atomic E-state index is 0.254. The second-order valence-corrected chi connectivity index (χ2v) is 5.34. The van der Waals surface area contributed by atoms with E-state index in [2.05, 4.69) is 53.8 Å². The third kappa shape index (κ3) is 1.91. The van der Waals surface area contributed by atoms with Gasteiger partial charge in [0.1, 0.15) is 0 Å². The van der Waals surface area contributed by atoms with E-state index < -0.39 is 0 Å². The molecule has 0 aliphatic carbocycles. The van der Waals surface area contributed by atoms with Gasteiger partial charge in [0.05, 0.1) is 0 Å². The van der Waals surface area contributed by atoms with Crippen LogP contribution in [0.1, 0.15) is 17.0 Å². The number of fused-ring (bicyclic) bond motifs is 2. The highest BCUT2D eigenvalue weighted by Crippen LogP contribution is 2.45. The van der Waals surface area contributed by atoms with Crippen LogP contribution in [0.25, 0.3) is 0 Å². The van der Waals surface area contributed by atoms with Gasteiger partial charge in [0.25, 0.3) is 0 Å². The highest BCUT2D eigenvalue weighted by Gasteiger charge is 2.25. The third-order valence-electron chi connectivity index (χ3n) is 3.21. The second-order valence-electron chi connectivity index (χ2n) is 4.26. The van der Waals surface area contributed by atoms with Crippen molar-refractivity contribution in [3.63, 3.8) is 0 Å². The van der Waals surface area contributed by atoms with Crippen molar-refractivity contribution in [3.8, 4) is 0 Å². The summed E-state index contributed by atoms with van der Waals surface area (Å²) >= 11 is 1.80. The van der Waals surface area contributed by atoms with Crippen LogP contribution in [-0.4, -0.2) is 13.0 Å². The van der Waals surface area contributed by atoms with E-state index in [1.54, 1.807) is 11.8 Å². The predicted molar refractivity (Wildman–Crippen MR) is 72.9 cm³/mol. The Bertz CT molecular complexity index is 537. The van der Waals surface area contributed by atoms with E-state index in [-0.39, 0.29) is 5.92 Å². The molecule has 0 radical (unpaired) electrons. The number of hydrogen-bond acceptors (Lipinski definition) is 2. The van der Waals surface area contributed by atoms with Crippen LogP contribution in [0, 0.1) is 0 Å². The van der Waals surface area contributed by atoms with Crippen molar-refractivity contribution >= 4 is 18.2 Å². The molecule has 90 valence electrons. The van der Waals surface area contributed by atoms with Gasteiger partial charge < -0.3 is 5.32 Å². The number of rotatable bonds is 3. The summed E-state index contributed by atoms with van der Waals surface area (Å²) in [6, 6.07) is 16.8. The van der Waals surface area contributed by atoms with Gasteiger partial charge in [-0.05, 0) is 23.3 Å². The van der Waals surface area contributed by atoms with Gasteiger partial charge in [0.2, 0.25) is 6.41 Å². The molecule has 1 N–H and O–H groups in total. The van der Waals surface area contributed by atoms with E-state index in [9.17, 15) is 4.79 Å². The summed E-state index contributed by atoms with van der Waals surface area (Å²) in [4.78, 5) is 13.1. The number of carbonyl (C=O) groups excluding carboxylic acids is 1. The van der Waals surface area contributed by atoms with Crippen LogP contribution in [0.2, 0.25) is 0 Å². The monoisotopic (exact) mass is 255 g/mol. The molecule has 0 atom stereocenters. The molecule has 0 aromatic heterocycles. The van der Waals surface area contributed by atoms with Crippen molar-refractivity contribution < 1.29 is 4.79 Å². The van der Waals surface area contributed by atoms with Gasteiger partial charge in [-0.2, -0.15) is 0 Å². The number of carbonyl (C=O) groups is 1. The zero-order valence-electron chi connectivity index (χ0n) is 9.80. The summed E-state index contributed by atoms with van der Waals surface area (Å²) < 4.78 is 0. The zero-order valence-corrected chi connectivity index (χ0v) is 10.6. The topological polar surface area (TPSA) is 29.1 Å². The fourth-order valence-corrected chi connectivity index (χ4v) is 3.58. The Kier molecular flexibility index (Phi) is 3.07. The first-order valence-corrected chi connectivity index (χ1v) is 6.74. The van der Waals surface area contributed by atoms with Crippen LogP contribution < -0.4 is 5.32 Å². The molecule has 0 fully saturated rings. The Morgan fingerprint density at radius 2 is 1.56 bits per heavy atom. The molecule has 2 aromatic carbocycles. The van der Waals surface area contributed by atoms with E-state index in [0.29, 0.717) is 6.54 Å². The van der Waals surface area contributed by atoms with Crippen LogP contribution in [0.4, 0.5) is 0 Å². The molecule has 1 aliphatic heterocycles. The Morgan fingerprint density at radius 3 is 2.11 bits per heavy atom. The van der Waals surface area contributed by atoms with Gasteiger partial charge >= 0.3 is 0 Å². The molecule has 2 nitrogen and oxygen atoms in total. The normalized spacial score (nSPS) is 13.6. The van der Waals surface area contributed by atoms with Crippen molar-refractivity contribution in [3.05, 3.63) is 59.7 Å². The number of hydrogen-bond donors (Lipinski definition) is 1. The molecule has 0 spiro atoms. The molecule has 0 saturated carbocycles. The predicted octanol–water partition coefficient (Wildman–Crippen LogP) is 3.03. The highest BCUT2D eigenvalue weighted by atomic mass is 32.2. The standard InChI is InChI=1S/C15H13NOS/c17-10-16-9-13-11-5-1-3-7-14(11)18-15-8-4-2-6-12(13)15/h1-8,10,13H,9H2,(H,16,17). The van der Waals surface area contributed by atoms with E-state index in [0.717, 1.165) is 6.41 Å². The first-order valence-electron chi connectivity index (χ1n) is 5.93. The number of amides is 1. The molecule has 0 unspecified atom stereocenters. The fraction of sp³-hybridized carbons (Fsp3) is 0.133. The summed E-state index contributed by atoms with van der Waals surface area (Å²) in [5, 5.41) is 2.81. The molecule has 3 rings (SSSR count). The van der Waals surface area contributed by atoms with Gasteiger partial charge in [0.15, 0.2) is 0 Å². The summed E-state index contributed by atoms with van der Waals surface area (Å²) in [5.74, 6) is 0.254. The van der Waals surface area contributed by atoms with Crippen molar-refractivity contribution in [2.45, 2.75) is 15.7 Å². The van der Waals surface area contributed by atoms with E-state index >= 15 is 0 Å². The summed E-state index contributed by atoms with van der Waals surface area (Å²) in [5.41, 5.74) is 2.60. The quantitative estimate of drug-likeness (QED) is 0.854. The molecule has 3 heteroatoms. The summed E-state index contributed by atoms with van der Waals surface area (Å²) in [6.07, 6.45) is 0.771. The smallest absolute Gasteiger partial charge is 0.207 e. The lowest BCUT2D eigenvalue weighted by molar-refractivity contribution is -0.109. The Hall–Kier alpha value is -1.74. The van der Waals surface area contributed by atoms with Crippen LogP contribution in [0.15, 0.2) is 58.3 Å². The average molecular weight is 255 g/mol. The third-order valence-corrected chi connectivity index (χ3v) is 4.40. The van der Waals surface area contributed by atoms with Gasteiger partial charge in [-0.25, -0.2) is 0 Å². The lowest BCUT2D eigenvalue weighted by atomic mass is 9.90. The number of benzene rings is 2.